The Labute approximate surface area is 226 Å². The van der Waals surface area contributed by atoms with E-state index in [-0.39, 0.29) is 5.92 Å². The second kappa shape index (κ2) is 11.2. The van der Waals surface area contributed by atoms with Gasteiger partial charge in [0.05, 0.1) is 35.1 Å². The van der Waals surface area contributed by atoms with Crippen molar-refractivity contribution in [2.24, 2.45) is 5.92 Å². The SMILES string of the molecule is COc1ccc(/C=C2\CC(C)Cc3c2nc2ccccc2c3C(=O)OCC(=O)Nc2ccccc2C#N)cc1. The highest BCUT2D eigenvalue weighted by molar-refractivity contribution is 6.07. The van der Waals surface area contributed by atoms with Crippen molar-refractivity contribution in [3.8, 4) is 11.8 Å². The van der Waals surface area contributed by atoms with Gasteiger partial charge in [-0.15, -0.1) is 0 Å². The van der Waals surface area contributed by atoms with E-state index in [1.165, 1.54) is 0 Å². The molecule has 1 N–H and O–H groups in total. The van der Waals surface area contributed by atoms with E-state index in [0.29, 0.717) is 34.1 Å². The summed E-state index contributed by atoms with van der Waals surface area (Å²) in [6.07, 6.45) is 3.59. The van der Waals surface area contributed by atoms with E-state index >= 15 is 0 Å². The number of carbonyl (C=O) groups is 2. The number of ether oxygens (including phenoxy) is 2. The number of methoxy groups -OCH3 is 1. The minimum Gasteiger partial charge on any atom is -0.497 e. The summed E-state index contributed by atoms with van der Waals surface area (Å²) in [5.74, 6) is -0.0376. The number of amides is 1. The molecule has 7 heteroatoms. The molecule has 0 spiro atoms. The number of nitrogens with one attached hydrogen (secondary N) is 1. The molecule has 1 atom stereocenters. The third-order valence-electron chi connectivity index (χ3n) is 6.74. The molecule has 0 radical (unpaired) electrons. The standard InChI is InChI=1S/C32H27N3O4/c1-20-15-23(17-21-11-13-24(38-2)14-12-21)31-26(16-20)30(25-8-4-6-10-28(25)35-31)32(37)39-19-29(36)34-27-9-5-3-7-22(27)18-33/h3-14,17,20H,15-16,19H2,1-2H3,(H,34,36)/b23-17+. The van der Waals surface area contributed by atoms with Crippen molar-refractivity contribution < 1.29 is 19.1 Å². The van der Waals surface area contributed by atoms with Crippen LogP contribution in [-0.2, 0) is 16.0 Å². The molecule has 0 bridgehead atoms. The van der Waals surface area contributed by atoms with E-state index in [9.17, 15) is 14.9 Å². The minimum absolute atomic E-state index is 0.280. The topological polar surface area (TPSA) is 101 Å². The maximum atomic E-state index is 13.5. The van der Waals surface area contributed by atoms with Crippen molar-refractivity contribution in [1.29, 1.82) is 5.26 Å². The van der Waals surface area contributed by atoms with Gasteiger partial charge < -0.3 is 14.8 Å². The third kappa shape index (κ3) is 5.51. The first-order valence-corrected chi connectivity index (χ1v) is 12.7. The fourth-order valence-corrected chi connectivity index (χ4v) is 4.95. The smallest absolute Gasteiger partial charge is 0.339 e. The van der Waals surface area contributed by atoms with Crippen LogP contribution in [0, 0.1) is 17.2 Å². The number of fused-ring (bicyclic) bond motifs is 2. The number of anilines is 1. The Bertz CT molecular complexity index is 1630. The lowest BCUT2D eigenvalue weighted by Crippen LogP contribution is -2.23. The van der Waals surface area contributed by atoms with Gasteiger partial charge in [0, 0.05) is 5.39 Å². The Morgan fingerprint density at radius 2 is 1.79 bits per heavy atom. The summed E-state index contributed by atoms with van der Waals surface area (Å²) in [5.41, 5.74) is 5.48. The lowest BCUT2D eigenvalue weighted by Gasteiger charge is -2.26. The molecule has 1 unspecified atom stereocenters. The maximum absolute atomic E-state index is 13.5. The molecule has 1 amide bonds. The van der Waals surface area contributed by atoms with Gasteiger partial charge in [-0.1, -0.05) is 49.4 Å². The highest BCUT2D eigenvalue weighted by Gasteiger charge is 2.29. The molecule has 5 rings (SSSR count). The Kier molecular flexibility index (Phi) is 7.37. The van der Waals surface area contributed by atoms with Crippen molar-refractivity contribution in [3.63, 3.8) is 0 Å². The molecule has 4 aromatic rings. The highest BCUT2D eigenvalue weighted by atomic mass is 16.5. The second-order valence-corrected chi connectivity index (χ2v) is 9.57. The summed E-state index contributed by atoms with van der Waals surface area (Å²) in [7, 11) is 1.64. The van der Waals surface area contributed by atoms with Gasteiger partial charge in [0.2, 0.25) is 0 Å². The normalized spacial score (nSPS) is 15.3. The third-order valence-corrected chi connectivity index (χ3v) is 6.74. The first-order valence-electron chi connectivity index (χ1n) is 12.7. The van der Waals surface area contributed by atoms with Gasteiger partial charge in [0.1, 0.15) is 11.8 Å². The summed E-state index contributed by atoms with van der Waals surface area (Å²) in [4.78, 5) is 31.1. The summed E-state index contributed by atoms with van der Waals surface area (Å²) < 4.78 is 10.8. The van der Waals surface area contributed by atoms with Crippen LogP contribution in [0.5, 0.6) is 5.75 Å². The molecule has 0 aliphatic heterocycles. The van der Waals surface area contributed by atoms with E-state index in [1.54, 1.807) is 31.4 Å². The first kappa shape index (κ1) is 25.7. The summed E-state index contributed by atoms with van der Waals surface area (Å²) in [6.45, 7) is 1.67. The fraction of sp³-hybridized carbons (Fsp3) is 0.188. The van der Waals surface area contributed by atoms with Crippen LogP contribution in [0.1, 0.15) is 46.1 Å². The molecule has 0 saturated carbocycles. The lowest BCUT2D eigenvalue weighted by atomic mass is 9.80. The van der Waals surface area contributed by atoms with Crippen LogP contribution in [-0.4, -0.2) is 30.6 Å². The predicted octanol–water partition coefficient (Wildman–Crippen LogP) is 6.03. The van der Waals surface area contributed by atoms with Crippen LogP contribution in [0.4, 0.5) is 5.69 Å². The molecule has 194 valence electrons. The zero-order valence-electron chi connectivity index (χ0n) is 21.7. The predicted molar refractivity (Wildman–Crippen MR) is 150 cm³/mol. The van der Waals surface area contributed by atoms with Crippen molar-refractivity contribution >= 4 is 40.1 Å². The molecule has 1 aliphatic rings. The summed E-state index contributed by atoms with van der Waals surface area (Å²) in [5, 5.41) is 12.6. The van der Waals surface area contributed by atoms with E-state index < -0.39 is 18.5 Å². The molecular formula is C32H27N3O4. The summed E-state index contributed by atoms with van der Waals surface area (Å²) >= 11 is 0. The number of esters is 1. The number of benzene rings is 3. The molecular weight excluding hydrogens is 490 g/mol. The average Bonchev–Trinajstić information content (AvgIpc) is 2.95. The first-order chi connectivity index (χ1) is 19.0. The number of rotatable bonds is 6. The van der Waals surface area contributed by atoms with Crippen LogP contribution in [0.15, 0.2) is 72.8 Å². The molecule has 1 aliphatic carbocycles. The number of pyridine rings is 1. The number of hydrogen-bond acceptors (Lipinski definition) is 6. The number of para-hydroxylation sites is 2. The Hall–Kier alpha value is -4.96. The molecule has 7 nitrogen and oxygen atoms in total. The molecule has 0 fully saturated rings. The van der Waals surface area contributed by atoms with Gasteiger partial charge in [0.15, 0.2) is 6.61 Å². The summed E-state index contributed by atoms with van der Waals surface area (Å²) in [6, 6.07) is 24.0. The molecule has 39 heavy (non-hydrogen) atoms. The monoisotopic (exact) mass is 517 g/mol. The van der Waals surface area contributed by atoms with Crippen molar-refractivity contribution in [2.75, 3.05) is 19.0 Å². The van der Waals surface area contributed by atoms with Crippen molar-refractivity contribution in [2.45, 2.75) is 19.8 Å². The van der Waals surface area contributed by atoms with Crippen molar-refractivity contribution in [3.05, 3.63) is 101 Å². The number of nitrogens with zero attached hydrogens (tertiary/aromatic N) is 2. The Morgan fingerprint density at radius 1 is 1.05 bits per heavy atom. The fourth-order valence-electron chi connectivity index (χ4n) is 4.95. The number of carbonyl (C=O) groups excluding carboxylic acids is 2. The quantitative estimate of drug-likeness (QED) is 0.313. The maximum Gasteiger partial charge on any atom is 0.339 e. The van der Waals surface area contributed by atoms with Gasteiger partial charge in [-0.3, -0.25) is 4.79 Å². The van der Waals surface area contributed by atoms with Crippen LogP contribution in [0.2, 0.25) is 0 Å². The number of hydrogen-bond donors (Lipinski definition) is 1. The van der Waals surface area contributed by atoms with Gasteiger partial charge >= 0.3 is 5.97 Å². The average molecular weight is 518 g/mol. The van der Waals surface area contributed by atoms with Crippen LogP contribution >= 0.6 is 0 Å². The van der Waals surface area contributed by atoms with Crippen LogP contribution in [0.3, 0.4) is 0 Å². The van der Waals surface area contributed by atoms with E-state index in [2.05, 4.69) is 18.3 Å². The largest absolute Gasteiger partial charge is 0.497 e. The molecule has 1 heterocycles. The zero-order chi connectivity index (χ0) is 27.4. The van der Waals surface area contributed by atoms with E-state index in [0.717, 1.165) is 34.6 Å². The zero-order valence-corrected chi connectivity index (χ0v) is 21.7. The molecule has 3 aromatic carbocycles. The minimum atomic E-state index is -0.577. The van der Waals surface area contributed by atoms with Crippen LogP contribution in [0.25, 0.3) is 22.6 Å². The van der Waals surface area contributed by atoms with Crippen molar-refractivity contribution in [1.82, 2.24) is 4.98 Å². The van der Waals surface area contributed by atoms with Gasteiger partial charge in [-0.2, -0.15) is 5.26 Å². The lowest BCUT2D eigenvalue weighted by molar-refractivity contribution is -0.119. The molecule has 0 saturated heterocycles. The number of allylic oxidation sites excluding steroid dienone is 1. The highest BCUT2D eigenvalue weighted by Crippen LogP contribution is 2.39. The second-order valence-electron chi connectivity index (χ2n) is 9.57. The van der Waals surface area contributed by atoms with Crippen LogP contribution < -0.4 is 10.1 Å². The number of aromatic nitrogens is 1. The van der Waals surface area contributed by atoms with E-state index in [4.69, 9.17) is 14.5 Å². The molecule has 1 aromatic heterocycles. The van der Waals surface area contributed by atoms with Gasteiger partial charge in [-0.25, -0.2) is 9.78 Å². The Balaban J connectivity index is 1.48. The van der Waals surface area contributed by atoms with Gasteiger partial charge in [0.25, 0.3) is 5.91 Å². The van der Waals surface area contributed by atoms with E-state index in [1.807, 2.05) is 54.6 Å². The Morgan fingerprint density at radius 3 is 2.56 bits per heavy atom. The van der Waals surface area contributed by atoms with Gasteiger partial charge in [-0.05, 0) is 71.9 Å². The number of nitriles is 1.